The van der Waals surface area contributed by atoms with E-state index < -0.39 is 0 Å². The van der Waals surface area contributed by atoms with Crippen LogP contribution in [0, 0.1) is 0 Å². The van der Waals surface area contributed by atoms with Crippen LogP contribution in [-0.4, -0.2) is 0 Å². The monoisotopic (exact) mass is 231 g/mol. The number of nitrogens with one attached hydrogen (secondary N) is 1. The summed E-state index contributed by atoms with van der Waals surface area (Å²) in [4.78, 5) is 0. The summed E-state index contributed by atoms with van der Waals surface area (Å²) in [6.45, 7) is 11.8. The van der Waals surface area contributed by atoms with E-state index in [1.165, 1.54) is 0 Å². The molecule has 0 unspecified atom stereocenters. The Kier molecular flexibility index (Phi) is 8.48. The normalized spacial score (nSPS) is 10.7. The summed E-state index contributed by atoms with van der Waals surface area (Å²) in [7, 11) is 0. The number of hydrogen-bond acceptors (Lipinski definition) is 1. The van der Waals surface area contributed by atoms with Crippen LogP contribution in [0.15, 0.2) is 66.4 Å². The third kappa shape index (κ3) is 8.09. The highest BCUT2D eigenvalue weighted by atomic mass is 14.9. The average Bonchev–Trinajstić information content (AvgIpc) is 2.32. The number of anilines is 1. The summed E-state index contributed by atoms with van der Waals surface area (Å²) in [5, 5.41) is 3.30. The molecule has 0 aliphatic heterocycles. The lowest BCUT2D eigenvalue weighted by atomic mass is 10.3. The molecule has 1 N–H and O–H groups in total. The molecule has 0 aliphatic rings. The maximum atomic E-state index is 3.80. The fourth-order valence-electron chi connectivity index (χ4n) is 1.15. The second kappa shape index (κ2) is 9.46. The fraction of sp³-hybridized carbons (Fsp3) is 0.250. The zero-order valence-corrected chi connectivity index (χ0v) is 11.3. The first-order chi connectivity index (χ1) is 8.18. The molecule has 17 heavy (non-hydrogen) atoms. The Bertz CT molecular complexity index is 377. The van der Waals surface area contributed by atoms with Crippen molar-refractivity contribution in [1.29, 1.82) is 0 Å². The summed E-state index contributed by atoms with van der Waals surface area (Å²) in [5.41, 5.74) is 3.27. The van der Waals surface area contributed by atoms with Crippen LogP contribution in [0.5, 0.6) is 0 Å². The molecule has 0 heterocycles. The van der Waals surface area contributed by atoms with Crippen molar-refractivity contribution in [3.05, 3.63) is 66.4 Å². The Balaban J connectivity index is 0. The van der Waals surface area contributed by atoms with E-state index in [4.69, 9.17) is 0 Å². The number of rotatable bonds is 4. The van der Waals surface area contributed by atoms with Crippen molar-refractivity contribution in [3.8, 4) is 0 Å². The Morgan fingerprint density at radius 2 is 1.76 bits per heavy atom. The Morgan fingerprint density at radius 3 is 2.29 bits per heavy atom. The maximum Gasteiger partial charge on any atom is 0.0381 e. The van der Waals surface area contributed by atoms with E-state index >= 15 is 0 Å². The summed E-state index contributed by atoms with van der Waals surface area (Å²) < 4.78 is 0. The molecule has 0 saturated heterocycles. The summed E-state index contributed by atoms with van der Waals surface area (Å²) in [6.07, 6.45) is 6.01. The van der Waals surface area contributed by atoms with Gasteiger partial charge in [0.15, 0.2) is 0 Å². The zero-order chi connectivity index (χ0) is 13.1. The standard InChI is InChI=1S/C14H17N.C2H6.H2/c1-12(2)8-7-9-13(3)15-14-10-5-4-6-11-14;1-2;/h4-11,15H,1H2,2-3H3;1-2H3;1H/b8-7-,13-9+;;. The molecule has 0 spiro atoms. The van der Waals surface area contributed by atoms with Gasteiger partial charge in [0, 0.05) is 12.8 Å². The van der Waals surface area contributed by atoms with E-state index in [0.29, 0.717) is 0 Å². The highest BCUT2D eigenvalue weighted by molar-refractivity contribution is 5.47. The van der Waals surface area contributed by atoms with Gasteiger partial charge in [0.25, 0.3) is 0 Å². The van der Waals surface area contributed by atoms with Gasteiger partial charge in [-0.2, -0.15) is 0 Å². The van der Waals surface area contributed by atoms with Crippen LogP contribution in [0.25, 0.3) is 0 Å². The first-order valence-electron chi connectivity index (χ1n) is 6.01. The highest BCUT2D eigenvalue weighted by Gasteiger charge is 1.88. The van der Waals surface area contributed by atoms with Gasteiger partial charge in [-0.25, -0.2) is 0 Å². The van der Waals surface area contributed by atoms with Crippen LogP contribution in [0.1, 0.15) is 29.1 Å². The van der Waals surface area contributed by atoms with Crippen LogP contribution < -0.4 is 5.32 Å². The van der Waals surface area contributed by atoms with Gasteiger partial charge in [-0.15, -0.1) is 0 Å². The van der Waals surface area contributed by atoms with E-state index in [9.17, 15) is 0 Å². The minimum atomic E-state index is 0. The molecule has 1 rings (SSSR count). The lowest BCUT2D eigenvalue weighted by Crippen LogP contribution is -1.93. The quantitative estimate of drug-likeness (QED) is 0.683. The second-order valence-corrected chi connectivity index (χ2v) is 3.55. The van der Waals surface area contributed by atoms with Gasteiger partial charge in [-0.05, 0) is 32.1 Å². The largest absolute Gasteiger partial charge is 0.359 e. The van der Waals surface area contributed by atoms with Crippen molar-refractivity contribution in [1.82, 2.24) is 0 Å². The third-order valence-electron chi connectivity index (χ3n) is 1.84. The van der Waals surface area contributed by atoms with Crippen LogP contribution in [0.4, 0.5) is 5.69 Å². The molecule has 1 aromatic rings. The average molecular weight is 231 g/mol. The maximum absolute atomic E-state index is 3.80. The SMILES string of the molecule is C=C(C)/C=C\C=C(/C)Nc1ccccc1.CC.[HH]. The van der Waals surface area contributed by atoms with E-state index in [-0.39, 0.29) is 1.43 Å². The van der Waals surface area contributed by atoms with Crippen LogP contribution in [-0.2, 0) is 0 Å². The molecule has 0 bridgehead atoms. The van der Waals surface area contributed by atoms with Crippen LogP contribution in [0.2, 0.25) is 0 Å². The first kappa shape index (κ1) is 15.2. The molecule has 1 nitrogen and oxygen atoms in total. The number of para-hydroxylation sites is 1. The summed E-state index contributed by atoms with van der Waals surface area (Å²) in [6, 6.07) is 10.1. The topological polar surface area (TPSA) is 12.0 Å². The van der Waals surface area contributed by atoms with Gasteiger partial charge in [-0.1, -0.05) is 56.4 Å². The molecule has 0 fully saturated rings. The van der Waals surface area contributed by atoms with Gasteiger partial charge in [0.2, 0.25) is 0 Å². The van der Waals surface area contributed by atoms with Crippen molar-refractivity contribution in [2.75, 3.05) is 5.32 Å². The van der Waals surface area contributed by atoms with E-state index in [1.807, 2.05) is 76.3 Å². The highest BCUT2D eigenvalue weighted by Crippen LogP contribution is 2.08. The molecule has 94 valence electrons. The fourth-order valence-corrected chi connectivity index (χ4v) is 1.15. The predicted molar refractivity (Wildman–Crippen MR) is 81.2 cm³/mol. The van der Waals surface area contributed by atoms with E-state index in [2.05, 4.69) is 11.9 Å². The number of hydrogen-bond donors (Lipinski definition) is 1. The smallest absolute Gasteiger partial charge is 0.0381 e. The summed E-state index contributed by atoms with van der Waals surface area (Å²) >= 11 is 0. The Morgan fingerprint density at radius 1 is 1.18 bits per heavy atom. The number of benzene rings is 1. The van der Waals surface area contributed by atoms with E-state index in [0.717, 1.165) is 17.0 Å². The molecule has 0 saturated carbocycles. The van der Waals surface area contributed by atoms with E-state index in [1.54, 1.807) is 0 Å². The number of allylic oxidation sites excluding steroid dienone is 5. The van der Waals surface area contributed by atoms with Crippen molar-refractivity contribution >= 4 is 5.69 Å². The van der Waals surface area contributed by atoms with Gasteiger partial charge in [-0.3, -0.25) is 0 Å². The molecule has 0 aromatic heterocycles. The zero-order valence-electron chi connectivity index (χ0n) is 11.3. The lowest BCUT2D eigenvalue weighted by Gasteiger charge is -2.04. The van der Waals surface area contributed by atoms with Gasteiger partial charge in [0.1, 0.15) is 0 Å². The minimum Gasteiger partial charge on any atom is -0.359 e. The molecular weight excluding hydrogens is 206 g/mol. The molecule has 0 aliphatic carbocycles. The first-order valence-corrected chi connectivity index (χ1v) is 6.01. The predicted octanol–water partition coefficient (Wildman–Crippen LogP) is 5.41. The lowest BCUT2D eigenvalue weighted by molar-refractivity contribution is 1.37. The third-order valence-corrected chi connectivity index (χ3v) is 1.84. The van der Waals surface area contributed by atoms with Gasteiger partial charge >= 0.3 is 0 Å². The summed E-state index contributed by atoms with van der Waals surface area (Å²) in [5.74, 6) is 0. The second-order valence-electron chi connectivity index (χ2n) is 3.55. The van der Waals surface area contributed by atoms with Crippen LogP contribution in [0.3, 0.4) is 0 Å². The molecule has 1 aromatic carbocycles. The molecule has 0 amide bonds. The van der Waals surface area contributed by atoms with Crippen molar-refractivity contribution in [2.24, 2.45) is 0 Å². The van der Waals surface area contributed by atoms with Crippen molar-refractivity contribution in [2.45, 2.75) is 27.7 Å². The van der Waals surface area contributed by atoms with Gasteiger partial charge in [0.05, 0.1) is 0 Å². The van der Waals surface area contributed by atoms with Crippen molar-refractivity contribution in [3.63, 3.8) is 0 Å². The van der Waals surface area contributed by atoms with Gasteiger partial charge < -0.3 is 5.32 Å². The Labute approximate surface area is 107 Å². The van der Waals surface area contributed by atoms with Crippen molar-refractivity contribution < 1.29 is 1.43 Å². The molecule has 0 radical (unpaired) electrons. The molecule has 1 heteroatoms. The molecular formula is C16H25N. The Hall–Kier alpha value is -1.76. The molecule has 0 atom stereocenters. The minimum absolute atomic E-state index is 0. The van der Waals surface area contributed by atoms with Crippen LogP contribution >= 0.6 is 0 Å².